The van der Waals surface area contributed by atoms with E-state index in [-0.39, 0.29) is 24.1 Å². The molecule has 0 aliphatic carbocycles. The predicted octanol–water partition coefficient (Wildman–Crippen LogP) is 2.90. The molecule has 0 aromatic heterocycles. The van der Waals surface area contributed by atoms with Crippen molar-refractivity contribution < 1.29 is 19.1 Å². The highest BCUT2D eigenvalue weighted by atomic mass is 16.5. The van der Waals surface area contributed by atoms with E-state index in [9.17, 15) is 9.59 Å². The third kappa shape index (κ3) is 4.03. The van der Waals surface area contributed by atoms with Crippen LogP contribution in [0.1, 0.15) is 45.3 Å². The zero-order valence-electron chi connectivity index (χ0n) is 17.5. The van der Waals surface area contributed by atoms with Gasteiger partial charge >= 0.3 is 0 Å². The number of hydrogen-bond acceptors (Lipinski definition) is 5. The maximum absolute atomic E-state index is 13.1. The molecule has 5 rings (SSSR count). The Bertz CT molecular complexity index is 950. The first kappa shape index (κ1) is 20.0. The Morgan fingerprint density at radius 1 is 1.03 bits per heavy atom. The third-order valence-electron chi connectivity index (χ3n) is 6.22. The maximum Gasteiger partial charge on any atom is 0.256 e. The maximum atomic E-state index is 13.1. The standard InChI is InChI=1S/C24H27N3O4/c28-23(26-11-14-30-15-12-26)17-7-9-18(10-8-17)25-22-20-5-1-2-6-21(20)24(29)27(22)16-19-4-3-13-31-19/h1-2,5-10,19,22,25H,3-4,11-16H2/t19-,22+/m0/s1. The molecule has 0 unspecified atom stereocenters. The lowest BCUT2D eigenvalue weighted by Gasteiger charge is -2.29. The van der Waals surface area contributed by atoms with Crippen molar-refractivity contribution in [2.24, 2.45) is 0 Å². The molecular formula is C24H27N3O4. The van der Waals surface area contributed by atoms with Gasteiger partial charge in [0.2, 0.25) is 0 Å². The molecule has 2 atom stereocenters. The molecule has 1 N–H and O–H groups in total. The Kier molecular flexibility index (Phi) is 5.61. The molecule has 31 heavy (non-hydrogen) atoms. The van der Waals surface area contributed by atoms with Crippen LogP contribution >= 0.6 is 0 Å². The first-order valence-corrected chi connectivity index (χ1v) is 11.0. The Labute approximate surface area is 181 Å². The summed E-state index contributed by atoms with van der Waals surface area (Å²) in [6.07, 6.45) is 1.84. The highest BCUT2D eigenvalue weighted by Crippen LogP contribution is 2.35. The largest absolute Gasteiger partial charge is 0.378 e. The summed E-state index contributed by atoms with van der Waals surface area (Å²) in [7, 11) is 0. The van der Waals surface area contributed by atoms with Crippen molar-refractivity contribution in [2.75, 3.05) is 44.8 Å². The summed E-state index contributed by atoms with van der Waals surface area (Å²) in [4.78, 5) is 29.5. The van der Waals surface area contributed by atoms with Gasteiger partial charge in [0.1, 0.15) is 6.17 Å². The van der Waals surface area contributed by atoms with Crippen LogP contribution in [0.3, 0.4) is 0 Å². The SMILES string of the molecule is O=C(c1ccc(N[C@H]2c3ccccc3C(=O)N2C[C@@H]2CCCO2)cc1)N1CCOCC1. The molecule has 2 aromatic carbocycles. The summed E-state index contributed by atoms with van der Waals surface area (Å²) in [5, 5.41) is 3.50. The Morgan fingerprint density at radius 2 is 1.81 bits per heavy atom. The predicted molar refractivity (Wildman–Crippen MR) is 116 cm³/mol. The van der Waals surface area contributed by atoms with E-state index in [1.54, 1.807) is 0 Å². The number of nitrogens with zero attached hydrogens (tertiary/aromatic N) is 2. The van der Waals surface area contributed by atoms with Gasteiger partial charge in [-0.25, -0.2) is 0 Å². The van der Waals surface area contributed by atoms with Crippen LogP contribution in [0.2, 0.25) is 0 Å². The molecule has 0 bridgehead atoms. The van der Waals surface area contributed by atoms with Crippen LogP contribution in [0.25, 0.3) is 0 Å². The van der Waals surface area contributed by atoms with Crippen molar-refractivity contribution in [2.45, 2.75) is 25.1 Å². The second kappa shape index (κ2) is 8.69. The zero-order chi connectivity index (χ0) is 21.2. The number of hydrogen-bond donors (Lipinski definition) is 1. The van der Waals surface area contributed by atoms with Crippen molar-refractivity contribution >= 4 is 17.5 Å². The van der Waals surface area contributed by atoms with E-state index in [0.29, 0.717) is 38.4 Å². The molecule has 2 saturated heterocycles. The Balaban J connectivity index is 1.34. The monoisotopic (exact) mass is 421 g/mol. The van der Waals surface area contributed by atoms with Gasteiger partial charge in [-0.05, 0) is 43.2 Å². The van der Waals surface area contributed by atoms with E-state index >= 15 is 0 Å². The Hall–Kier alpha value is -2.90. The number of carbonyl (C=O) groups excluding carboxylic acids is 2. The third-order valence-corrected chi connectivity index (χ3v) is 6.22. The topological polar surface area (TPSA) is 71.1 Å². The first-order chi connectivity index (χ1) is 15.2. The molecule has 2 fully saturated rings. The van der Waals surface area contributed by atoms with Crippen molar-refractivity contribution in [1.29, 1.82) is 0 Å². The molecule has 7 heteroatoms. The second-order valence-electron chi connectivity index (χ2n) is 8.21. The van der Waals surface area contributed by atoms with Crippen LogP contribution in [0.5, 0.6) is 0 Å². The molecule has 0 radical (unpaired) electrons. The van der Waals surface area contributed by atoms with Gasteiger partial charge in [-0.15, -0.1) is 0 Å². The molecule has 7 nitrogen and oxygen atoms in total. The normalized spacial score (nSPS) is 23.2. The highest BCUT2D eigenvalue weighted by molar-refractivity contribution is 5.99. The van der Waals surface area contributed by atoms with Crippen LogP contribution in [0.4, 0.5) is 5.69 Å². The van der Waals surface area contributed by atoms with E-state index in [2.05, 4.69) is 5.32 Å². The summed E-state index contributed by atoms with van der Waals surface area (Å²) >= 11 is 0. The van der Waals surface area contributed by atoms with Crippen LogP contribution in [0.15, 0.2) is 48.5 Å². The van der Waals surface area contributed by atoms with Crippen LogP contribution < -0.4 is 5.32 Å². The summed E-state index contributed by atoms with van der Waals surface area (Å²) in [5.74, 6) is 0.0546. The minimum Gasteiger partial charge on any atom is -0.378 e. The van der Waals surface area contributed by atoms with Crippen molar-refractivity contribution in [1.82, 2.24) is 9.80 Å². The summed E-state index contributed by atoms with van der Waals surface area (Å²) in [5.41, 5.74) is 3.23. The molecular weight excluding hydrogens is 394 g/mol. The number of benzene rings is 2. The fraction of sp³-hybridized carbons (Fsp3) is 0.417. The van der Waals surface area contributed by atoms with Crippen molar-refractivity contribution in [3.8, 4) is 0 Å². The molecule has 2 aromatic rings. The molecule has 0 saturated carbocycles. The molecule has 3 aliphatic rings. The van der Waals surface area contributed by atoms with Crippen LogP contribution in [-0.4, -0.2) is 67.2 Å². The van der Waals surface area contributed by atoms with Gasteiger partial charge in [-0.1, -0.05) is 18.2 Å². The van der Waals surface area contributed by atoms with Crippen molar-refractivity contribution in [3.63, 3.8) is 0 Å². The number of amides is 2. The fourth-order valence-corrected chi connectivity index (χ4v) is 4.54. The second-order valence-corrected chi connectivity index (χ2v) is 8.21. The number of fused-ring (bicyclic) bond motifs is 1. The minimum absolute atomic E-state index is 0.0243. The van der Waals surface area contributed by atoms with Gasteiger partial charge in [0.15, 0.2) is 0 Å². The zero-order valence-corrected chi connectivity index (χ0v) is 17.5. The number of ether oxygens (including phenoxy) is 2. The number of morpholine rings is 1. The molecule has 3 heterocycles. The van der Waals surface area contributed by atoms with E-state index < -0.39 is 0 Å². The lowest BCUT2D eigenvalue weighted by Crippen LogP contribution is -2.40. The van der Waals surface area contributed by atoms with Gasteiger partial charge < -0.3 is 24.6 Å². The van der Waals surface area contributed by atoms with Gasteiger partial charge in [0, 0.05) is 48.6 Å². The van der Waals surface area contributed by atoms with Crippen molar-refractivity contribution in [3.05, 3.63) is 65.2 Å². The Morgan fingerprint density at radius 3 is 2.55 bits per heavy atom. The summed E-state index contributed by atoms with van der Waals surface area (Å²) < 4.78 is 11.1. The molecule has 162 valence electrons. The lowest BCUT2D eigenvalue weighted by atomic mass is 10.1. The average Bonchev–Trinajstić information content (AvgIpc) is 3.43. The minimum atomic E-state index is -0.256. The molecule has 3 aliphatic heterocycles. The smallest absolute Gasteiger partial charge is 0.256 e. The average molecular weight is 421 g/mol. The number of anilines is 1. The van der Waals surface area contributed by atoms with E-state index in [0.717, 1.165) is 36.3 Å². The first-order valence-electron chi connectivity index (χ1n) is 11.0. The molecule has 2 amide bonds. The van der Waals surface area contributed by atoms with Gasteiger partial charge in [-0.3, -0.25) is 9.59 Å². The quantitative estimate of drug-likeness (QED) is 0.804. The lowest BCUT2D eigenvalue weighted by molar-refractivity contribution is 0.0303. The summed E-state index contributed by atoms with van der Waals surface area (Å²) in [6.45, 7) is 3.74. The summed E-state index contributed by atoms with van der Waals surface area (Å²) in [6, 6.07) is 15.2. The van der Waals surface area contributed by atoms with Crippen LogP contribution in [-0.2, 0) is 9.47 Å². The number of carbonyl (C=O) groups is 2. The van der Waals surface area contributed by atoms with Gasteiger partial charge in [0.25, 0.3) is 11.8 Å². The van der Waals surface area contributed by atoms with E-state index in [1.165, 1.54) is 0 Å². The van der Waals surface area contributed by atoms with Gasteiger partial charge in [-0.2, -0.15) is 0 Å². The van der Waals surface area contributed by atoms with Crippen LogP contribution in [0, 0.1) is 0 Å². The number of nitrogens with one attached hydrogen (secondary N) is 1. The molecule has 0 spiro atoms. The van der Waals surface area contributed by atoms with E-state index in [1.807, 2.05) is 58.3 Å². The van der Waals surface area contributed by atoms with E-state index in [4.69, 9.17) is 9.47 Å². The fourth-order valence-electron chi connectivity index (χ4n) is 4.54. The van der Waals surface area contributed by atoms with Gasteiger partial charge in [0.05, 0.1) is 19.3 Å². The number of rotatable bonds is 5. The highest BCUT2D eigenvalue weighted by Gasteiger charge is 2.38.